The molecule has 4 nitrogen and oxygen atoms in total. The van der Waals surface area contributed by atoms with E-state index in [0.29, 0.717) is 11.6 Å². The Hall–Kier alpha value is -2.21. The van der Waals surface area contributed by atoms with Crippen LogP contribution >= 0.6 is 11.6 Å². The Bertz CT molecular complexity index is 633. The maximum atomic E-state index is 12.2. The maximum Gasteiger partial charge on any atom is 0.387 e. The van der Waals surface area contributed by atoms with E-state index in [0.717, 1.165) is 5.56 Å². The van der Waals surface area contributed by atoms with Crippen molar-refractivity contribution in [1.82, 2.24) is 9.88 Å². The zero-order chi connectivity index (χ0) is 16.1. The lowest BCUT2D eigenvalue weighted by Crippen LogP contribution is -2.26. The topological polar surface area (TPSA) is 42.4 Å². The number of rotatable bonds is 5. The van der Waals surface area contributed by atoms with Crippen molar-refractivity contribution in [3.8, 4) is 5.75 Å². The first-order valence-electron chi connectivity index (χ1n) is 6.36. The second kappa shape index (κ2) is 7.17. The van der Waals surface area contributed by atoms with Gasteiger partial charge in [-0.25, -0.2) is 4.98 Å². The minimum absolute atomic E-state index is 0.0760. The second-order valence-corrected chi connectivity index (χ2v) is 4.98. The Morgan fingerprint density at radius 1 is 1.27 bits per heavy atom. The zero-order valence-corrected chi connectivity index (χ0v) is 12.4. The van der Waals surface area contributed by atoms with Gasteiger partial charge >= 0.3 is 6.61 Å². The molecule has 0 bridgehead atoms. The average molecular weight is 327 g/mol. The third-order valence-corrected chi connectivity index (χ3v) is 3.09. The quantitative estimate of drug-likeness (QED) is 0.843. The van der Waals surface area contributed by atoms with Crippen LogP contribution in [0.2, 0.25) is 5.02 Å². The molecule has 2 rings (SSSR count). The lowest BCUT2D eigenvalue weighted by molar-refractivity contribution is -0.0498. The number of pyridine rings is 1. The number of hydrogen-bond donors (Lipinski definition) is 0. The molecular weight excluding hydrogens is 314 g/mol. The van der Waals surface area contributed by atoms with Gasteiger partial charge in [-0.2, -0.15) is 8.78 Å². The number of hydrogen-bond acceptors (Lipinski definition) is 3. The number of amides is 1. The van der Waals surface area contributed by atoms with Gasteiger partial charge in [0.1, 0.15) is 11.4 Å². The van der Waals surface area contributed by atoms with Crippen LogP contribution in [0, 0.1) is 0 Å². The van der Waals surface area contributed by atoms with Gasteiger partial charge in [-0.05, 0) is 29.8 Å². The lowest BCUT2D eigenvalue weighted by Gasteiger charge is -2.17. The molecule has 7 heteroatoms. The van der Waals surface area contributed by atoms with Crippen LogP contribution in [0.4, 0.5) is 8.78 Å². The Morgan fingerprint density at radius 2 is 1.95 bits per heavy atom. The summed E-state index contributed by atoms with van der Waals surface area (Å²) >= 11 is 5.72. The van der Waals surface area contributed by atoms with Gasteiger partial charge in [0.05, 0.1) is 5.02 Å². The third kappa shape index (κ3) is 4.39. The van der Waals surface area contributed by atoms with Gasteiger partial charge in [0.15, 0.2) is 0 Å². The van der Waals surface area contributed by atoms with Crippen LogP contribution in [0.5, 0.6) is 5.75 Å². The molecule has 22 heavy (non-hydrogen) atoms. The van der Waals surface area contributed by atoms with Gasteiger partial charge < -0.3 is 9.64 Å². The number of ether oxygens (including phenoxy) is 1. The Kier molecular flexibility index (Phi) is 5.27. The number of carbonyl (C=O) groups is 1. The molecule has 0 atom stereocenters. The third-order valence-electron chi connectivity index (χ3n) is 2.86. The first-order valence-corrected chi connectivity index (χ1v) is 6.74. The predicted molar refractivity (Wildman–Crippen MR) is 78.1 cm³/mol. The minimum atomic E-state index is -2.86. The summed E-state index contributed by atoms with van der Waals surface area (Å²) in [6, 6.07) is 9.24. The van der Waals surface area contributed by atoms with Crippen LogP contribution in [-0.2, 0) is 6.54 Å². The number of alkyl halides is 2. The molecule has 1 heterocycles. The van der Waals surface area contributed by atoms with Crippen LogP contribution in [0.1, 0.15) is 16.1 Å². The van der Waals surface area contributed by atoms with E-state index >= 15 is 0 Å². The van der Waals surface area contributed by atoms with Crippen molar-refractivity contribution in [2.24, 2.45) is 0 Å². The van der Waals surface area contributed by atoms with E-state index in [1.54, 1.807) is 31.3 Å². The molecule has 0 aliphatic heterocycles. The van der Waals surface area contributed by atoms with Crippen molar-refractivity contribution in [3.05, 3.63) is 58.9 Å². The molecular formula is C15H13ClF2N2O2. The van der Waals surface area contributed by atoms with Gasteiger partial charge in [0.25, 0.3) is 5.91 Å². The molecule has 116 valence electrons. The highest BCUT2D eigenvalue weighted by atomic mass is 35.5. The molecule has 0 N–H and O–H groups in total. The molecule has 0 saturated carbocycles. The van der Waals surface area contributed by atoms with Crippen LogP contribution < -0.4 is 4.74 Å². The van der Waals surface area contributed by atoms with Gasteiger partial charge in [-0.15, -0.1) is 0 Å². The van der Waals surface area contributed by atoms with Gasteiger partial charge in [0, 0.05) is 19.8 Å². The smallest absolute Gasteiger partial charge is 0.387 e. The van der Waals surface area contributed by atoms with E-state index in [4.69, 9.17) is 11.6 Å². The first kappa shape index (κ1) is 16.2. The fourth-order valence-corrected chi connectivity index (χ4v) is 1.93. The van der Waals surface area contributed by atoms with Crippen molar-refractivity contribution in [1.29, 1.82) is 0 Å². The summed E-state index contributed by atoms with van der Waals surface area (Å²) in [5.41, 5.74) is 1.07. The summed E-state index contributed by atoms with van der Waals surface area (Å²) in [6.45, 7) is -2.54. The van der Waals surface area contributed by atoms with Crippen molar-refractivity contribution in [2.45, 2.75) is 13.2 Å². The van der Waals surface area contributed by atoms with Crippen molar-refractivity contribution >= 4 is 17.5 Å². The molecule has 1 aromatic heterocycles. The highest BCUT2D eigenvalue weighted by molar-refractivity contribution is 6.30. The molecule has 0 spiro atoms. The number of carbonyl (C=O) groups excluding carboxylic acids is 1. The highest BCUT2D eigenvalue weighted by Gasteiger charge is 2.13. The van der Waals surface area contributed by atoms with Crippen LogP contribution in [0.25, 0.3) is 0 Å². The SMILES string of the molecule is CN(Cc1ccc(OC(F)F)cc1)C(=O)c1ccc(Cl)cn1. The standard InChI is InChI=1S/C15H13ClF2N2O2/c1-20(14(21)13-7-4-11(16)8-19-13)9-10-2-5-12(6-3-10)22-15(17)18/h2-8,15H,9H2,1H3. The van der Waals surface area contributed by atoms with E-state index in [-0.39, 0.29) is 17.4 Å². The van der Waals surface area contributed by atoms with E-state index in [1.165, 1.54) is 23.2 Å². The predicted octanol–water partition coefficient (Wildman–Crippen LogP) is 3.61. The molecule has 2 aromatic rings. The lowest BCUT2D eigenvalue weighted by atomic mass is 10.2. The summed E-state index contributed by atoms with van der Waals surface area (Å²) in [6.07, 6.45) is 1.40. The molecule has 0 saturated heterocycles. The number of benzene rings is 1. The fourth-order valence-electron chi connectivity index (χ4n) is 1.82. The second-order valence-electron chi connectivity index (χ2n) is 4.55. The van der Waals surface area contributed by atoms with Crippen molar-refractivity contribution < 1.29 is 18.3 Å². The van der Waals surface area contributed by atoms with Crippen molar-refractivity contribution in [2.75, 3.05) is 7.05 Å². The summed E-state index contributed by atoms with van der Waals surface area (Å²) in [5.74, 6) is -0.184. The average Bonchev–Trinajstić information content (AvgIpc) is 2.49. The van der Waals surface area contributed by atoms with E-state index in [9.17, 15) is 13.6 Å². The van der Waals surface area contributed by atoms with E-state index in [1.807, 2.05) is 0 Å². The molecule has 0 fully saturated rings. The zero-order valence-electron chi connectivity index (χ0n) is 11.7. The van der Waals surface area contributed by atoms with Gasteiger partial charge in [-0.1, -0.05) is 23.7 Å². The van der Waals surface area contributed by atoms with E-state index in [2.05, 4.69) is 9.72 Å². The number of aromatic nitrogens is 1. The maximum absolute atomic E-state index is 12.2. The molecule has 0 radical (unpaired) electrons. The largest absolute Gasteiger partial charge is 0.435 e. The normalized spacial score (nSPS) is 10.6. The molecule has 0 unspecified atom stereocenters. The summed E-state index contributed by atoms with van der Waals surface area (Å²) in [5, 5.41) is 0.453. The summed E-state index contributed by atoms with van der Waals surface area (Å²) in [4.78, 5) is 17.6. The molecule has 0 aliphatic rings. The number of halogens is 3. The Balaban J connectivity index is 2.00. The number of nitrogens with zero attached hydrogens (tertiary/aromatic N) is 2. The van der Waals surface area contributed by atoms with Crippen LogP contribution in [0.15, 0.2) is 42.6 Å². The monoisotopic (exact) mass is 326 g/mol. The molecule has 1 amide bonds. The van der Waals surface area contributed by atoms with E-state index < -0.39 is 6.61 Å². The summed E-state index contributed by atoms with van der Waals surface area (Å²) in [7, 11) is 1.63. The van der Waals surface area contributed by atoms with Gasteiger partial charge in [-0.3, -0.25) is 4.79 Å². The first-order chi connectivity index (χ1) is 10.5. The Labute approximate surface area is 131 Å². The molecule has 1 aromatic carbocycles. The Morgan fingerprint density at radius 3 is 2.50 bits per heavy atom. The van der Waals surface area contributed by atoms with Crippen molar-refractivity contribution in [3.63, 3.8) is 0 Å². The fraction of sp³-hybridized carbons (Fsp3) is 0.200. The van der Waals surface area contributed by atoms with Crippen LogP contribution in [-0.4, -0.2) is 29.5 Å². The van der Waals surface area contributed by atoms with Crippen LogP contribution in [0.3, 0.4) is 0 Å². The molecule has 0 aliphatic carbocycles. The minimum Gasteiger partial charge on any atom is -0.435 e. The van der Waals surface area contributed by atoms with Gasteiger partial charge in [0.2, 0.25) is 0 Å². The highest BCUT2D eigenvalue weighted by Crippen LogP contribution is 2.16. The summed E-state index contributed by atoms with van der Waals surface area (Å²) < 4.78 is 28.4.